The predicted molar refractivity (Wildman–Crippen MR) is 122 cm³/mol. The van der Waals surface area contributed by atoms with Crippen molar-refractivity contribution in [3.63, 3.8) is 0 Å². The van der Waals surface area contributed by atoms with Gasteiger partial charge in [0.15, 0.2) is 5.11 Å². The van der Waals surface area contributed by atoms with Crippen LogP contribution in [-0.4, -0.2) is 52.4 Å². The Hall–Kier alpha value is -1.92. The van der Waals surface area contributed by atoms with E-state index in [4.69, 9.17) is 23.8 Å². The lowest BCUT2D eigenvalue weighted by Crippen LogP contribution is -2.55. The molecule has 2 aliphatic rings. The van der Waals surface area contributed by atoms with Gasteiger partial charge in [-0.15, -0.1) is 0 Å². The van der Waals surface area contributed by atoms with Gasteiger partial charge in [-0.25, -0.2) is 0 Å². The maximum Gasteiger partial charge on any atom is 0.265 e. The van der Waals surface area contributed by atoms with Crippen LogP contribution in [0.15, 0.2) is 17.7 Å². The number of amides is 2. The summed E-state index contributed by atoms with van der Waals surface area (Å²) in [6.07, 6.45) is 2.63. The molecule has 156 valence electrons. The molecule has 1 unspecified atom stereocenters. The van der Waals surface area contributed by atoms with Crippen LogP contribution in [0.3, 0.4) is 0 Å². The van der Waals surface area contributed by atoms with Gasteiger partial charge in [0.05, 0.1) is 0 Å². The monoisotopic (exact) mass is 433 g/mol. The lowest BCUT2D eigenvalue weighted by molar-refractivity contribution is -0.133. The Morgan fingerprint density at radius 3 is 2.24 bits per heavy atom. The van der Waals surface area contributed by atoms with Gasteiger partial charge in [0.2, 0.25) is 0 Å². The largest absolute Gasteiger partial charge is 0.369 e. The highest BCUT2D eigenvalue weighted by atomic mass is 35.5. The zero-order valence-electron chi connectivity index (χ0n) is 17.9. The first-order valence-corrected chi connectivity index (χ1v) is 10.8. The third kappa shape index (κ3) is 3.57. The summed E-state index contributed by atoms with van der Waals surface area (Å²) in [5.41, 5.74) is 3.08. The number of likely N-dealkylation sites (N-methyl/N-ethyl adjacent to an activating group) is 2. The molecule has 0 saturated carbocycles. The molecule has 0 aliphatic carbocycles. The Bertz CT molecular complexity index is 897. The fourth-order valence-electron chi connectivity index (χ4n) is 4.25. The Morgan fingerprint density at radius 2 is 1.72 bits per heavy atom. The van der Waals surface area contributed by atoms with Gasteiger partial charge in [-0.05, 0) is 81.6 Å². The summed E-state index contributed by atoms with van der Waals surface area (Å²) in [4.78, 5) is 31.0. The number of thiocarbonyl (C=S) groups is 1. The van der Waals surface area contributed by atoms with Crippen molar-refractivity contribution in [1.82, 2.24) is 9.80 Å². The van der Waals surface area contributed by atoms with Gasteiger partial charge in [0.25, 0.3) is 11.8 Å². The molecule has 0 bridgehead atoms. The van der Waals surface area contributed by atoms with Crippen molar-refractivity contribution in [3.05, 3.63) is 33.9 Å². The number of carbonyl (C=O) groups is 2. The third-order valence-corrected chi connectivity index (χ3v) is 6.87. The van der Waals surface area contributed by atoms with Crippen molar-refractivity contribution in [1.29, 1.82) is 0 Å². The van der Waals surface area contributed by atoms with Crippen LogP contribution in [0.25, 0.3) is 6.08 Å². The Labute approximate surface area is 183 Å². The average Bonchev–Trinajstić information content (AvgIpc) is 2.64. The van der Waals surface area contributed by atoms with E-state index in [1.807, 2.05) is 26.0 Å². The van der Waals surface area contributed by atoms with Gasteiger partial charge in [0, 0.05) is 36.4 Å². The van der Waals surface area contributed by atoms with Gasteiger partial charge in [-0.3, -0.25) is 19.4 Å². The second kappa shape index (κ2) is 7.73. The Kier molecular flexibility index (Phi) is 5.80. The zero-order valence-corrected chi connectivity index (χ0v) is 19.4. The van der Waals surface area contributed by atoms with Gasteiger partial charge in [0.1, 0.15) is 5.57 Å². The van der Waals surface area contributed by atoms with E-state index in [1.165, 1.54) is 15.4 Å². The minimum atomic E-state index is -0.368. The molecule has 2 amide bonds. The summed E-state index contributed by atoms with van der Waals surface area (Å²) in [6.45, 7) is 11.1. The maximum absolute atomic E-state index is 12.9. The number of benzene rings is 1. The number of nitrogens with zero attached hydrogens (tertiary/aromatic N) is 3. The van der Waals surface area contributed by atoms with Crippen molar-refractivity contribution < 1.29 is 9.59 Å². The summed E-state index contributed by atoms with van der Waals surface area (Å²) < 4.78 is 0. The molecule has 1 aromatic carbocycles. The first-order valence-electron chi connectivity index (χ1n) is 10.00. The second-order valence-corrected chi connectivity index (χ2v) is 9.12. The highest BCUT2D eigenvalue weighted by Crippen LogP contribution is 2.44. The third-order valence-electron chi connectivity index (χ3n) is 6.10. The molecule has 0 radical (unpaired) electrons. The van der Waals surface area contributed by atoms with Crippen molar-refractivity contribution in [2.45, 2.75) is 52.5 Å². The molecule has 2 aliphatic heterocycles. The van der Waals surface area contributed by atoms with Gasteiger partial charge in [-0.2, -0.15) is 0 Å². The van der Waals surface area contributed by atoms with E-state index in [9.17, 15) is 9.59 Å². The predicted octanol–water partition coefficient (Wildman–Crippen LogP) is 4.44. The quantitative estimate of drug-likeness (QED) is 0.401. The van der Waals surface area contributed by atoms with E-state index >= 15 is 0 Å². The average molecular weight is 434 g/mol. The van der Waals surface area contributed by atoms with Gasteiger partial charge in [-0.1, -0.05) is 18.5 Å². The number of hydrogen-bond donors (Lipinski definition) is 0. The van der Waals surface area contributed by atoms with E-state index in [1.54, 1.807) is 6.08 Å². The van der Waals surface area contributed by atoms with Gasteiger partial charge >= 0.3 is 0 Å². The molecule has 0 aromatic heterocycles. The molecule has 29 heavy (non-hydrogen) atoms. The van der Waals surface area contributed by atoms with Crippen LogP contribution in [0.1, 0.15) is 58.1 Å². The molecule has 1 aromatic rings. The molecule has 3 rings (SSSR count). The summed E-state index contributed by atoms with van der Waals surface area (Å²) in [5, 5.41) is 0.781. The van der Waals surface area contributed by atoms with E-state index in [2.05, 4.69) is 32.7 Å². The molecule has 7 heteroatoms. The molecular formula is C22H28ClN3O2S. The molecule has 5 nitrogen and oxygen atoms in total. The van der Waals surface area contributed by atoms with Gasteiger partial charge < -0.3 is 4.90 Å². The highest BCUT2D eigenvalue weighted by Gasteiger charge is 2.38. The minimum Gasteiger partial charge on any atom is -0.369 e. The highest BCUT2D eigenvalue weighted by molar-refractivity contribution is 7.80. The lowest BCUT2D eigenvalue weighted by atomic mass is 9.80. The van der Waals surface area contributed by atoms with Crippen LogP contribution in [0, 0.1) is 0 Å². The molecule has 0 N–H and O–H groups in total. The molecule has 1 atom stereocenters. The molecule has 1 saturated heterocycles. The first-order chi connectivity index (χ1) is 13.5. The summed E-state index contributed by atoms with van der Waals surface area (Å²) >= 11 is 11.9. The smallest absolute Gasteiger partial charge is 0.265 e. The fourth-order valence-corrected chi connectivity index (χ4v) is 4.89. The van der Waals surface area contributed by atoms with Crippen molar-refractivity contribution >= 4 is 52.5 Å². The second-order valence-electron chi connectivity index (χ2n) is 8.35. The number of halogens is 1. The number of hydrogen-bond acceptors (Lipinski definition) is 4. The molecule has 2 heterocycles. The summed E-state index contributed by atoms with van der Waals surface area (Å²) in [6, 6.07) is 3.96. The SMILES string of the molecule is CCN1C(=O)C(=Cc2cc3c(cc2Cl)N(C)C(C)(C)CC3C)C(=O)N(CC)C1=S. The number of carbonyl (C=O) groups excluding carboxylic acids is 2. The van der Waals surface area contributed by atoms with Crippen LogP contribution < -0.4 is 4.90 Å². The number of fused-ring (bicyclic) bond motifs is 1. The molecule has 1 fully saturated rings. The Balaban J connectivity index is 2.11. The van der Waals surface area contributed by atoms with Crippen LogP contribution in [0.4, 0.5) is 5.69 Å². The van der Waals surface area contributed by atoms with E-state index in [0.29, 0.717) is 29.6 Å². The summed E-state index contributed by atoms with van der Waals surface area (Å²) in [5.74, 6) is -0.394. The Morgan fingerprint density at radius 1 is 1.17 bits per heavy atom. The van der Waals surface area contributed by atoms with Crippen LogP contribution >= 0.6 is 23.8 Å². The fraction of sp³-hybridized carbons (Fsp3) is 0.500. The number of anilines is 1. The molecular weight excluding hydrogens is 406 g/mol. The van der Waals surface area contributed by atoms with E-state index in [0.717, 1.165) is 12.1 Å². The number of rotatable bonds is 3. The van der Waals surface area contributed by atoms with Crippen LogP contribution in [0.5, 0.6) is 0 Å². The van der Waals surface area contributed by atoms with E-state index < -0.39 is 0 Å². The zero-order chi connectivity index (χ0) is 21.7. The minimum absolute atomic E-state index is 0.0317. The topological polar surface area (TPSA) is 43.9 Å². The van der Waals surface area contributed by atoms with Crippen molar-refractivity contribution in [3.8, 4) is 0 Å². The van der Waals surface area contributed by atoms with Crippen LogP contribution in [-0.2, 0) is 9.59 Å². The van der Waals surface area contributed by atoms with Crippen LogP contribution in [0.2, 0.25) is 5.02 Å². The lowest BCUT2D eigenvalue weighted by Gasteiger charge is -2.45. The first kappa shape index (κ1) is 21.8. The van der Waals surface area contributed by atoms with E-state index in [-0.39, 0.29) is 28.0 Å². The van der Waals surface area contributed by atoms with Crippen molar-refractivity contribution in [2.75, 3.05) is 25.0 Å². The van der Waals surface area contributed by atoms with Crippen molar-refractivity contribution in [2.24, 2.45) is 0 Å². The maximum atomic E-state index is 12.9. The standard InChI is InChI=1S/C22H28ClN3O2S/c1-7-25-19(27)16(20(28)26(8-2)21(25)29)10-14-9-15-13(3)12-22(4,5)24(6)18(15)11-17(14)23/h9-11,13H,7-8,12H2,1-6H3. The summed E-state index contributed by atoms with van der Waals surface area (Å²) in [7, 11) is 2.08. The molecule has 0 spiro atoms. The normalized spacial score (nSPS) is 21.6.